The molecule has 27 heavy (non-hydrogen) atoms. The molecule has 0 saturated heterocycles. The Kier molecular flexibility index (Phi) is 4.30. The zero-order chi connectivity index (χ0) is 18.8. The van der Waals surface area contributed by atoms with E-state index in [-0.39, 0.29) is 5.75 Å². The summed E-state index contributed by atoms with van der Waals surface area (Å²) >= 11 is 0. The molecule has 6 nitrogen and oxygen atoms in total. The van der Waals surface area contributed by atoms with Gasteiger partial charge in [-0.05, 0) is 61.0 Å². The van der Waals surface area contributed by atoms with Crippen LogP contribution in [-0.2, 0) is 0 Å². The SMILES string of the molecule is COc1ccccc1-c1nc2cc(C)ccn2c1N=Nc1ccc(O)cc1. The van der Waals surface area contributed by atoms with Gasteiger partial charge in [-0.3, -0.25) is 4.40 Å². The average molecular weight is 358 g/mol. The van der Waals surface area contributed by atoms with Crippen LogP contribution in [0.25, 0.3) is 16.9 Å². The predicted molar refractivity (Wildman–Crippen MR) is 104 cm³/mol. The van der Waals surface area contributed by atoms with E-state index >= 15 is 0 Å². The van der Waals surface area contributed by atoms with Gasteiger partial charge in [-0.2, -0.15) is 0 Å². The topological polar surface area (TPSA) is 71.5 Å². The molecule has 0 saturated carbocycles. The van der Waals surface area contributed by atoms with Crippen molar-refractivity contribution in [2.24, 2.45) is 10.2 Å². The van der Waals surface area contributed by atoms with Crippen LogP contribution >= 0.6 is 0 Å². The number of benzene rings is 2. The summed E-state index contributed by atoms with van der Waals surface area (Å²) in [6, 6.07) is 18.3. The summed E-state index contributed by atoms with van der Waals surface area (Å²) in [5.74, 6) is 1.52. The first kappa shape index (κ1) is 16.8. The normalized spacial score (nSPS) is 11.3. The quantitative estimate of drug-likeness (QED) is 0.494. The molecule has 0 atom stereocenters. The lowest BCUT2D eigenvalue weighted by Crippen LogP contribution is -1.88. The second-order valence-electron chi connectivity index (χ2n) is 6.13. The maximum Gasteiger partial charge on any atom is 0.187 e. The van der Waals surface area contributed by atoms with Gasteiger partial charge in [0.1, 0.15) is 22.8 Å². The van der Waals surface area contributed by atoms with Gasteiger partial charge in [0.25, 0.3) is 0 Å². The minimum atomic E-state index is 0.189. The Bertz CT molecular complexity index is 1130. The molecule has 2 aromatic carbocycles. The Hall–Kier alpha value is -3.67. The summed E-state index contributed by atoms with van der Waals surface area (Å²) in [7, 11) is 1.64. The summed E-state index contributed by atoms with van der Waals surface area (Å²) in [5, 5.41) is 18.2. The largest absolute Gasteiger partial charge is 0.508 e. The molecule has 6 heteroatoms. The fraction of sp³-hybridized carbons (Fsp3) is 0.0952. The van der Waals surface area contributed by atoms with Gasteiger partial charge in [-0.15, -0.1) is 10.2 Å². The van der Waals surface area contributed by atoms with Crippen molar-refractivity contribution in [2.45, 2.75) is 6.92 Å². The molecule has 0 unspecified atom stereocenters. The van der Waals surface area contributed by atoms with Crippen LogP contribution < -0.4 is 4.74 Å². The Balaban J connectivity index is 1.90. The molecular weight excluding hydrogens is 340 g/mol. The number of methoxy groups -OCH3 is 1. The van der Waals surface area contributed by atoms with Crippen LogP contribution in [0.2, 0.25) is 0 Å². The molecule has 0 radical (unpaired) electrons. The minimum absolute atomic E-state index is 0.189. The van der Waals surface area contributed by atoms with E-state index < -0.39 is 0 Å². The van der Waals surface area contributed by atoms with Gasteiger partial charge in [0.2, 0.25) is 0 Å². The van der Waals surface area contributed by atoms with Gasteiger partial charge < -0.3 is 9.84 Å². The van der Waals surface area contributed by atoms with E-state index in [1.54, 1.807) is 31.4 Å². The van der Waals surface area contributed by atoms with Gasteiger partial charge in [0.15, 0.2) is 5.82 Å². The van der Waals surface area contributed by atoms with Crippen molar-refractivity contribution < 1.29 is 9.84 Å². The summed E-state index contributed by atoms with van der Waals surface area (Å²) in [6.07, 6.45) is 1.93. The zero-order valence-corrected chi connectivity index (χ0v) is 15.0. The number of pyridine rings is 1. The van der Waals surface area contributed by atoms with Gasteiger partial charge in [0, 0.05) is 11.8 Å². The highest BCUT2D eigenvalue weighted by Gasteiger charge is 2.17. The molecule has 4 aromatic rings. The van der Waals surface area contributed by atoms with Gasteiger partial charge in [-0.25, -0.2) is 4.98 Å². The second kappa shape index (κ2) is 6.92. The fourth-order valence-corrected chi connectivity index (χ4v) is 2.87. The highest BCUT2D eigenvalue weighted by Crippen LogP contribution is 2.37. The van der Waals surface area contributed by atoms with Crippen molar-refractivity contribution in [2.75, 3.05) is 7.11 Å². The molecule has 0 spiro atoms. The number of aromatic nitrogens is 2. The molecule has 2 heterocycles. The molecule has 0 amide bonds. The molecule has 4 rings (SSSR count). The van der Waals surface area contributed by atoms with Crippen LogP contribution in [0.1, 0.15) is 5.56 Å². The number of ether oxygens (including phenoxy) is 1. The first-order chi connectivity index (χ1) is 13.2. The predicted octanol–water partition coefficient (Wildman–Crippen LogP) is 5.44. The summed E-state index contributed by atoms with van der Waals surface area (Å²) in [6.45, 7) is 2.02. The van der Waals surface area contributed by atoms with Crippen LogP contribution in [0.4, 0.5) is 11.5 Å². The monoisotopic (exact) mass is 358 g/mol. The second-order valence-corrected chi connectivity index (χ2v) is 6.13. The maximum atomic E-state index is 9.43. The third-order valence-corrected chi connectivity index (χ3v) is 4.23. The summed E-state index contributed by atoms with van der Waals surface area (Å²) in [5.41, 5.74) is 4.08. The van der Waals surface area contributed by atoms with Gasteiger partial charge in [0.05, 0.1) is 12.8 Å². The van der Waals surface area contributed by atoms with E-state index in [2.05, 4.69) is 10.2 Å². The molecule has 0 fully saturated rings. The number of aromatic hydroxyl groups is 1. The Morgan fingerprint density at radius 3 is 2.56 bits per heavy atom. The third kappa shape index (κ3) is 3.25. The van der Waals surface area contributed by atoms with Crippen LogP contribution in [0.5, 0.6) is 11.5 Å². The Morgan fingerprint density at radius 2 is 1.78 bits per heavy atom. The summed E-state index contributed by atoms with van der Waals surface area (Å²) < 4.78 is 7.40. The smallest absolute Gasteiger partial charge is 0.187 e. The first-order valence-electron chi connectivity index (χ1n) is 8.48. The van der Waals surface area contributed by atoms with Crippen molar-refractivity contribution in [3.8, 4) is 22.8 Å². The maximum absolute atomic E-state index is 9.43. The van der Waals surface area contributed by atoms with Crippen molar-refractivity contribution in [1.82, 2.24) is 9.38 Å². The molecule has 2 aromatic heterocycles. The first-order valence-corrected chi connectivity index (χ1v) is 8.48. The molecule has 1 N–H and O–H groups in total. The number of phenols is 1. The molecular formula is C21H18N4O2. The molecule has 0 aliphatic heterocycles. The number of hydrogen-bond donors (Lipinski definition) is 1. The van der Waals surface area contributed by atoms with E-state index in [0.29, 0.717) is 17.2 Å². The van der Waals surface area contributed by atoms with E-state index in [4.69, 9.17) is 9.72 Å². The lowest BCUT2D eigenvalue weighted by Gasteiger charge is -2.06. The van der Waals surface area contributed by atoms with E-state index in [0.717, 1.165) is 22.5 Å². The number of nitrogens with zero attached hydrogens (tertiary/aromatic N) is 4. The Morgan fingerprint density at radius 1 is 1.00 bits per heavy atom. The zero-order valence-electron chi connectivity index (χ0n) is 15.0. The highest BCUT2D eigenvalue weighted by atomic mass is 16.5. The highest BCUT2D eigenvalue weighted by molar-refractivity contribution is 5.78. The number of para-hydroxylation sites is 1. The molecule has 134 valence electrons. The van der Waals surface area contributed by atoms with Crippen molar-refractivity contribution in [1.29, 1.82) is 0 Å². The van der Waals surface area contributed by atoms with Gasteiger partial charge in [-0.1, -0.05) is 12.1 Å². The lowest BCUT2D eigenvalue weighted by atomic mass is 10.1. The minimum Gasteiger partial charge on any atom is -0.508 e. The van der Waals surface area contributed by atoms with Crippen molar-refractivity contribution >= 4 is 17.2 Å². The molecule has 0 aliphatic carbocycles. The van der Waals surface area contributed by atoms with Crippen LogP contribution in [-0.4, -0.2) is 21.6 Å². The van der Waals surface area contributed by atoms with Crippen LogP contribution in [0.15, 0.2) is 77.1 Å². The van der Waals surface area contributed by atoms with Crippen LogP contribution in [0.3, 0.4) is 0 Å². The standard InChI is InChI=1S/C21H18N4O2/c1-14-11-12-25-19(13-14)22-20(17-5-3-4-6-18(17)27-2)21(25)24-23-15-7-9-16(26)10-8-15/h3-13,26H,1-2H3. The van der Waals surface area contributed by atoms with Crippen molar-refractivity contribution in [3.63, 3.8) is 0 Å². The Labute approximate surface area is 156 Å². The molecule has 0 bridgehead atoms. The number of azo groups is 1. The van der Waals surface area contributed by atoms with Crippen LogP contribution in [0, 0.1) is 6.92 Å². The van der Waals surface area contributed by atoms with Crippen molar-refractivity contribution in [3.05, 3.63) is 72.4 Å². The third-order valence-electron chi connectivity index (χ3n) is 4.23. The fourth-order valence-electron chi connectivity index (χ4n) is 2.87. The number of aryl methyl sites for hydroxylation is 1. The summed E-state index contributed by atoms with van der Waals surface area (Å²) in [4.78, 5) is 4.77. The average Bonchev–Trinajstić information content (AvgIpc) is 3.04. The van der Waals surface area contributed by atoms with E-state index in [9.17, 15) is 5.11 Å². The number of hydrogen-bond acceptors (Lipinski definition) is 5. The molecule has 0 aliphatic rings. The van der Waals surface area contributed by atoms with E-state index in [1.807, 2.05) is 53.9 Å². The number of phenolic OH excluding ortho intramolecular Hbond substituents is 1. The lowest BCUT2D eigenvalue weighted by molar-refractivity contribution is 0.416. The van der Waals surface area contributed by atoms with E-state index in [1.165, 1.54) is 0 Å². The number of rotatable bonds is 4. The number of imidazole rings is 1. The number of fused-ring (bicyclic) bond motifs is 1. The van der Waals surface area contributed by atoms with Gasteiger partial charge >= 0.3 is 0 Å².